The van der Waals surface area contributed by atoms with Gasteiger partial charge in [-0.3, -0.25) is 18.5 Å². The van der Waals surface area contributed by atoms with Crippen molar-refractivity contribution < 1.29 is 31.0 Å². The average Bonchev–Trinajstić information content (AvgIpc) is 2.56. The topological polar surface area (TPSA) is 176 Å². The Hall–Kier alpha value is -2.61. The molecule has 0 fully saturated rings. The molecule has 1 aromatic heterocycles. The molecule has 1 heterocycles. The first-order chi connectivity index (χ1) is 12.7. The number of azo groups is 1. The van der Waals surface area contributed by atoms with E-state index < -0.39 is 41.3 Å². The van der Waals surface area contributed by atoms with Crippen LogP contribution in [0.2, 0.25) is 0 Å². The van der Waals surface area contributed by atoms with Crippen molar-refractivity contribution in [3.63, 3.8) is 0 Å². The maximum absolute atomic E-state index is 12.3. The van der Waals surface area contributed by atoms with E-state index in [0.29, 0.717) is 17.2 Å². The molecule has 0 radical (unpaired) electrons. The highest BCUT2D eigenvalue weighted by molar-refractivity contribution is 7.86. The highest BCUT2D eigenvalue weighted by Gasteiger charge is 2.23. The molecule has 2 aromatic rings. The highest BCUT2D eigenvalue weighted by Crippen LogP contribution is 2.32. The minimum absolute atomic E-state index is 0.0599. The van der Waals surface area contributed by atoms with Crippen LogP contribution in [0.5, 0.6) is 5.88 Å². The van der Waals surface area contributed by atoms with E-state index in [1.807, 2.05) is 0 Å². The Kier molecular flexibility index (Phi) is 5.49. The number of aromatic hydroxyl groups is 1. The van der Waals surface area contributed by atoms with E-state index in [1.54, 1.807) is 0 Å². The van der Waals surface area contributed by atoms with Crippen molar-refractivity contribution in [1.82, 2.24) is 4.57 Å². The van der Waals surface area contributed by atoms with Gasteiger partial charge in [0.1, 0.15) is 10.6 Å². The number of aryl methyl sites for hydroxylation is 1. The molecule has 2 rings (SSSR count). The predicted octanol–water partition coefficient (Wildman–Crippen LogP) is 1.92. The van der Waals surface area contributed by atoms with Crippen LogP contribution in [0, 0.1) is 20.8 Å². The third-order valence-corrected chi connectivity index (χ3v) is 6.03. The molecule has 152 valence electrons. The molecule has 0 atom stereocenters. The first-order valence-electron chi connectivity index (χ1n) is 7.56. The van der Waals surface area contributed by atoms with Crippen LogP contribution in [0.4, 0.5) is 11.4 Å². The van der Waals surface area contributed by atoms with Crippen LogP contribution in [-0.4, -0.2) is 35.6 Å². The van der Waals surface area contributed by atoms with Crippen molar-refractivity contribution >= 4 is 31.6 Å². The first kappa shape index (κ1) is 21.7. The predicted molar refractivity (Wildman–Crippen MR) is 97.8 cm³/mol. The van der Waals surface area contributed by atoms with E-state index in [1.165, 1.54) is 27.8 Å². The maximum Gasteiger partial charge on any atom is 0.296 e. The lowest BCUT2D eigenvalue weighted by Crippen LogP contribution is -2.18. The summed E-state index contributed by atoms with van der Waals surface area (Å²) in [7, 11) is -8.39. The molecule has 0 aliphatic rings. The van der Waals surface area contributed by atoms with Gasteiger partial charge in [0.25, 0.3) is 25.8 Å². The average molecular weight is 431 g/mol. The fourth-order valence-corrected chi connectivity index (χ4v) is 3.89. The summed E-state index contributed by atoms with van der Waals surface area (Å²) >= 11 is 0. The van der Waals surface area contributed by atoms with Gasteiger partial charge in [-0.2, -0.15) is 16.8 Å². The Labute approximate surface area is 160 Å². The van der Waals surface area contributed by atoms with Crippen LogP contribution in [0.15, 0.2) is 36.9 Å². The van der Waals surface area contributed by atoms with Crippen molar-refractivity contribution in [3.05, 3.63) is 39.2 Å². The van der Waals surface area contributed by atoms with E-state index in [0.717, 1.165) is 10.6 Å². The Bertz CT molecular complexity index is 1280. The maximum atomic E-state index is 12.3. The summed E-state index contributed by atoms with van der Waals surface area (Å²) in [4.78, 5) is 10.6. The molecule has 0 saturated heterocycles. The van der Waals surface area contributed by atoms with Crippen molar-refractivity contribution in [3.8, 4) is 5.88 Å². The lowest BCUT2D eigenvalue weighted by Gasteiger charge is -2.10. The molecule has 1 aromatic carbocycles. The number of aromatic nitrogens is 1. The summed E-state index contributed by atoms with van der Waals surface area (Å²) < 4.78 is 65.5. The molecule has 0 unspecified atom stereocenters. The molecule has 0 aliphatic carbocycles. The molecule has 3 N–H and O–H groups in total. The molecule has 13 heteroatoms. The molecule has 11 nitrogen and oxygen atoms in total. The third kappa shape index (κ3) is 3.96. The van der Waals surface area contributed by atoms with Crippen molar-refractivity contribution in [2.45, 2.75) is 30.6 Å². The van der Waals surface area contributed by atoms with E-state index in [4.69, 9.17) is 0 Å². The Morgan fingerprint density at radius 3 is 1.93 bits per heavy atom. The number of rotatable bonds is 4. The molecule has 28 heavy (non-hydrogen) atoms. The van der Waals surface area contributed by atoms with Crippen LogP contribution in [-0.2, 0) is 27.3 Å². The second-order valence-electron chi connectivity index (χ2n) is 6.02. The summed E-state index contributed by atoms with van der Waals surface area (Å²) in [6.07, 6.45) is 0. The fraction of sp³-hybridized carbons (Fsp3) is 0.267. The van der Waals surface area contributed by atoms with E-state index in [2.05, 4.69) is 10.2 Å². The number of benzene rings is 1. The van der Waals surface area contributed by atoms with E-state index >= 15 is 0 Å². The van der Waals surface area contributed by atoms with Crippen molar-refractivity contribution in [1.29, 1.82) is 0 Å². The summed E-state index contributed by atoms with van der Waals surface area (Å²) in [6.45, 7) is 4.31. The second-order valence-corrected chi connectivity index (χ2v) is 8.80. The van der Waals surface area contributed by atoms with Gasteiger partial charge in [-0.25, -0.2) is 0 Å². The van der Waals surface area contributed by atoms with E-state index in [-0.39, 0.29) is 17.1 Å². The minimum atomic E-state index is -4.93. The normalized spacial score (nSPS) is 12.6. The van der Waals surface area contributed by atoms with Crippen LogP contribution < -0.4 is 5.56 Å². The van der Waals surface area contributed by atoms with Crippen LogP contribution in [0.3, 0.4) is 0 Å². The summed E-state index contributed by atoms with van der Waals surface area (Å²) in [5.74, 6) is -0.270. The number of hydrogen-bond acceptors (Lipinski definition) is 8. The minimum Gasteiger partial charge on any atom is -0.494 e. The zero-order chi connectivity index (χ0) is 21.6. The van der Waals surface area contributed by atoms with Gasteiger partial charge in [-0.15, -0.1) is 10.2 Å². The molecule has 0 amide bonds. The largest absolute Gasteiger partial charge is 0.494 e. The molecule has 0 saturated carbocycles. The quantitative estimate of drug-likeness (QED) is 0.486. The molecule has 0 aliphatic heterocycles. The smallest absolute Gasteiger partial charge is 0.296 e. The lowest BCUT2D eigenvalue weighted by atomic mass is 10.1. The highest BCUT2D eigenvalue weighted by atomic mass is 32.2. The van der Waals surface area contributed by atoms with Crippen LogP contribution in [0.1, 0.15) is 16.7 Å². The molecular formula is C15H17N3O8S2. The summed E-state index contributed by atoms with van der Waals surface area (Å²) in [5.41, 5.74) is -0.748. The second kappa shape index (κ2) is 7.09. The van der Waals surface area contributed by atoms with Crippen molar-refractivity contribution in [2.75, 3.05) is 0 Å². The Morgan fingerprint density at radius 1 is 0.893 bits per heavy atom. The van der Waals surface area contributed by atoms with Gasteiger partial charge in [-0.05, 0) is 44.0 Å². The van der Waals surface area contributed by atoms with Gasteiger partial charge < -0.3 is 5.11 Å². The van der Waals surface area contributed by atoms with Gasteiger partial charge in [0.05, 0.1) is 4.90 Å². The third-order valence-electron chi connectivity index (χ3n) is 4.15. The molecule has 0 bridgehead atoms. The zero-order valence-electron chi connectivity index (χ0n) is 15.2. The van der Waals surface area contributed by atoms with Gasteiger partial charge in [0.15, 0.2) is 11.6 Å². The van der Waals surface area contributed by atoms with Crippen LogP contribution in [0.25, 0.3) is 0 Å². The lowest BCUT2D eigenvalue weighted by molar-refractivity contribution is 0.418. The van der Waals surface area contributed by atoms with Gasteiger partial charge in [0.2, 0.25) is 0 Å². The molecule has 0 spiro atoms. The van der Waals surface area contributed by atoms with Crippen LogP contribution >= 0.6 is 0 Å². The van der Waals surface area contributed by atoms with Gasteiger partial charge in [-0.1, -0.05) is 0 Å². The first-order valence-corrected chi connectivity index (χ1v) is 10.4. The van der Waals surface area contributed by atoms with Gasteiger partial charge >= 0.3 is 0 Å². The standard InChI is InChI=1S/C15H17N3O8S2/c1-7-5-10(12(28(24,25)26)6-11(7)27(21,22)23)16-17-13-8(2)9(3)14(19)18(4)15(13)20/h5-6,19H,1-4H3,(H,21,22,23)(H,24,25,26). The fourth-order valence-electron chi connectivity index (χ4n) is 2.45. The number of nitrogens with zero attached hydrogens (tertiary/aromatic N) is 3. The summed E-state index contributed by atoms with van der Waals surface area (Å²) in [6, 6.07) is 1.52. The monoisotopic (exact) mass is 431 g/mol. The number of hydrogen-bond donors (Lipinski definition) is 3. The zero-order valence-corrected chi connectivity index (χ0v) is 16.8. The van der Waals surface area contributed by atoms with Gasteiger partial charge in [0, 0.05) is 12.6 Å². The van der Waals surface area contributed by atoms with Crippen molar-refractivity contribution in [2.24, 2.45) is 17.3 Å². The Balaban J connectivity index is 2.79. The number of pyridine rings is 1. The SMILES string of the molecule is Cc1cc(N=Nc2c(C)c(C)c(O)n(C)c2=O)c(S(=O)(=O)O)cc1S(=O)(=O)O. The van der Waals surface area contributed by atoms with E-state index in [9.17, 15) is 35.8 Å². The summed E-state index contributed by atoms with van der Waals surface area (Å²) in [5, 5.41) is 17.3. The Morgan fingerprint density at radius 2 is 1.43 bits per heavy atom. The molecular weight excluding hydrogens is 414 g/mol.